The molecule has 0 bridgehead atoms. The molecule has 5 nitrogen and oxygen atoms in total. The van der Waals surface area contributed by atoms with Crippen LogP contribution in [0.25, 0.3) is 0 Å². The maximum atomic E-state index is 5.90. The highest BCUT2D eigenvalue weighted by atomic mass is 16.5. The number of methoxy groups -OCH3 is 1. The SMILES string of the molecule is COc1ccccc1CN(C)C(CN)c1ccncn1. The Morgan fingerprint density at radius 2 is 2.10 bits per heavy atom. The van der Waals surface area contributed by atoms with Gasteiger partial charge in [0.1, 0.15) is 12.1 Å². The normalized spacial score (nSPS) is 12.4. The molecular weight excluding hydrogens is 252 g/mol. The third kappa shape index (κ3) is 3.31. The number of nitrogens with two attached hydrogens (primary N) is 1. The Kier molecular flexibility index (Phi) is 5.03. The van der Waals surface area contributed by atoms with E-state index < -0.39 is 0 Å². The molecule has 1 heterocycles. The second kappa shape index (κ2) is 6.98. The lowest BCUT2D eigenvalue weighted by Gasteiger charge is -2.27. The molecule has 106 valence electrons. The predicted octanol–water partition coefficient (Wildman–Crippen LogP) is 1.62. The van der Waals surface area contributed by atoms with Gasteiger partial charge in [0.15, 0.2) is 0 Å². The van der Waals surface area contributed by atoms with Gasteiger partial charge < -0.3 is 10.5 Å². The first-order valence-corrected chi connectivity index (χ1v) is 6.54. The van der Waals surface area contributed by atoms with Crippen LogP contribution < -0.4 is 10.5 Å². The molecule has 1 atom stereocenters. The Morgan fingerprint density at radius 3 is 2.75 bits per heavy atom. The zero-order valence-electron chi connectivity index (χ0n) is 11.9. The first-order chi connectivity index (χ1) is 9.76. The summed E-state index contributed by atoms with van der Waals surface area (Å²) in [5, 5.41) is 0. The van der Waals surface area contributed by atoms with Crippen molar-refractivity contribution in [3.63, 3.8) is 0 Å². The molecule has 2 aromatic rings. The van der Waals surface area contributed by atoms with Crippen LogP contribution in [-0.2, 0) is 6.54 Å². The van der Waals surface area contributed by atoms with E-state index in [1.54, 1.807) is 19.6 Å². The molecule has 0 saturated carbocycles. The summed E-state index contributed by atoms with van der Waals surface area (Å²) in [6.07, 6.45) is 3.29. The van der Waals surface area contributed by atoms with Crippen molar-refractivity contribution in [1.82, 2.24) is 14.9 Å². The molecule has 0 radical (unpaired) electrons. The highest BCUT2D eigenvalue weighted by molar-refractivity contribution is 5.33. The van der Waals surface area contributed by atoms with Crippen molar-refractivity contribution < 1.29 is 4.74 Å². The van der Waals surface area contributed by atoms with E-state index in [-0.39, 0.29) is 6.04 Å². The van der Waals surface area contributed by atoms with Gasteiger partial charge in [-0.15, -0.1) is 0 Å². The first kappa shape index (κ1) is 14.4. The van der Waals surface area contributed by atoms with E-state index in [4.69, 9.17) is 10.5 Å². The standard InChI is InChI=1S/C15H20N4O/c1-19(10-12-5-3-4-6-15(12)20-2)14(9-16)13-7-8-17-11-18-13/h3-8,11,14H,9-10,16H2,1-2H3. The Labute approximate surface area is 119 Å². The van der Waals surface area contributed by atoms with E-state index in [0.717, 1.165) is 23.6 Å². The van der Waals surface area contributed by atoms with E-state index in [0.29, 0.717) is 6.54 Å². The fraction of sp³-hybridized carbons (Fsp3) is 0.333. The van der Waals surface area contributed by atoms with Crippen molar-refractivity contribution in [2.45, 2.75) is 12.6 Å². The molecule has 5 heteroatoms. The van der Waals surface area contributed by atoms with Crippen LogP contribution in [0.4, 0.5) is 0 Å². The van der Waals surface area contributed by atoms with Crippen LogP contribution in [0.2, 0.25) is 0 Å². The van der Waals surface area contributed by atoms with E-state index in [1.807, 2.05) is 31.3 Å². The van der Waals surface area contributed by atoms with Gasteiger partial charge in [-0.2, -0.15) is 0 Å². The van der Waals surface area contributed by atoms with Gasteiger partial charge in [-0.05, 0) is 19.2 Å². The van der Waals surface area contributed by atoms with Crippen molar-refractivity contribution in [2.75, 3.05) is 20.7 Å². The lowest BCUT2D eigenvalue weighted by molar-refractivity contribution is 0.234. The van der Waals surface area contributed by atoms with Gasteiger partial charge in [-0.1, -0.05) is 18.2 Å². The molecule has 0 aliphatic heterocycles. The van der Waals surface area contributed by atoms with E-state index in [9.17, 15) is 0 Å². The molecule has 20 heavy (non-hydrogen) atoms. The lowest BCUT2D eigenvalue weighted by atomic mass is 10.1. The third-order valence-corrected chi connectivity index (χ3v) is 3.31. The molecule has 0 aliphatic rings. The van der Waals surface area contributed by atoms with Gasteiger partial charge in [0.2, 0.25) is 0 Å². The highest BCUT2D eigenvalue weighted by Crippen LogP contribution is 2.23. The summed E-state index contributed by atoms with van der Waals surface area (Å²) < 4.78 is 5.38. The third-order valence-electron chi connectivity index (χ3n) is 3.31. The van der Waals surface area contributed by atoms with Crippen LogP contribution in [0.1, 0.15) is 17.3 Å². The van der Waals surface area contributed by atoms with Gasteiger partial charge >= 0.3 is 0 Å². The van der Waals surface area contributed by atoms with Crippen molar-refractivity contribution >= 4 is 0 Å². The summed E-state index contributed by atoms with van der Waals surface area (Å²) in [7, 11) is 3.72. The minimum Gasteiger partial charge on any atom is -0.496 e. The smallest absolute Gasteiger partial charge is 0.123 e. The average Bonchev–Trinajstić information content (AvgIpc) is 2.49. The average molecular weight is 272 g/mol. The summed E-state index contributed by atoms with van der Waals surface area (Å²) in [4.78, 5) is 10.4. The fourth-order valence-electron chi connectivity index (χ4n) is 2.24. The molecule has 0 fully saturated rings. The van der Waals surface area contributed by atoms with Crippen LogP contribution in [0.3, 0.4) is 0 Å². The molecule has 0 saturated heterocycles. The molecular formula is C15H20N4O. The van der Waals surface area contributed by atoms with Crippen LogP contribution >= 0.6 is 0 Å². The highest BCUT2D eigenvalue weighted by Gasteiger charge is 2.18. The Bertz CT molecular complexity index is 532. The summed E-state index contributed by atoms with van der Waals surface area (Å²) in [5.41, 5.74) is 7.96. The summed E-state index contributed by atoms with van der Waals surface area (Å²) in [6.45, 7) is 1.25. The zero-order valence-corrected chi connectivity index (χ0v) is 11.9. The molecule has 0 amide bonds. The minimum atomic E-state index is 0.0583. The van der Waals surface area contributed by atoms with Crippen LogP contribution in [0.15, 0.2) is 42.9 Å². The number of hydrogen-bond acceptors (Lipinski definition) is 5. The molecule has 2 N–H and O–H groups in total. The number of likely N-dealkylation sites (N-methyl/N-ethyl adjacent to an activating group) is 1. The molecule has 0 spiro atoms. The summed E-state index contributed by atoms with van der Waals surface area (Å²) in [6, 6.07) is 9.95. The Balaban J connectivity index is 2.15. The quantitative estimate of drug-likeness (QED) is 0.865. The maximum absolute atomic E-state index is 5.90. The second-order valence-electron chi connectivity index (χ2n) is 4.61. The number of para-hydroxylation sites is 1. The largest absolute Gasteiger partial charge is 0.496 e. The van der Waals surface area contributed by atoms with E-state index in [2.05, 4.69) is 20.9 Å². The molecule has 2 rings (SSSR count). The topological polar surface area (TPSA) is 64.3 Å². The molecule has 1 unspecified atom stereocenters. The van der Waals surface area contributed by atoms with E-state index in [1.165, 1.54) is 0 Å². The fourth-order valence-corrected chi connectivity index (χ4v) is 2.24. The number of aromatic nitrogens is 2. The Hall–Kier alpha value is -1.98. The Morgan fingerprint density at radius 1 is 1.30 bits per heavy atom. The lowest BCUT2D eigenvalue weighted by Crippen LogP contribution is -2.31. The van der Waals surface area contributed by atoms with Gasteiger partial charge in [-0.3, -0.25) is 4.90 Å². The predicted molar refractivity (Wildman–Crippen MR) is 78.3 cm³/mol. The van der Waals surface area contributed by atoms with Crippen molar-refractivity contribution in [2.24, 2.45) is 5.73 Å². The van der Waals surface area contributed by atoms with Crippen LogP contribution in [0, 0.1) is 0 Å². The summed E-state index contributed by atoms with van der Waals surface area (Å²) >= 11 is 0. The van der Waals surface area contributed by atoms with Gasteiger partial charge in [0, 0.05) is 24.8 Å². The molecule has 1 aromatic carbocycles. The second-order valence-corrected chi connectivity index (χ2v) is 4.61. The number of rotatable bonds is 6. The minimum absolute atomic E-state index is 0.0583. The van der Waals surface area contributed by atoms with Gasteiger partial charge in [-0.25, -0.2) is 9.97 Å². The van der Waals surface area contributed by atoms with Crippen LogP contribution in [-0.4, -0.2) is 35.6 Å². The number of hydrogen-bond donors (Lipinski definition) is 1. The maximum Gasteiger partial charge on any atom is 0.123 e. The van der Waals surface area contributed by atoms with E-state index >= 15 is 0 Å². The number of ether oxygens (including phenoxy) is 1. The van der Waals surface area contributed by atoms with Crippen molar-refractivity contribution in [3.05, 3.63) is 54.1 Å². The van der Waals surface area contributed by atoms with Crippen molar-refractivity contribution in [1.29, 1.82) is 0 Å². The number of benzene rings is 1. The van der Waals surface area contributed by atoms with Crippen molar-refractivity contribution in [3.8, 4) is 5.75 Å². The number of nitrogens with zero attached hydrogens (tertiary/aromatic N) is 3. The van der Waals surface area contributed by atoms with Gasteiger partial charge in [0.25, 0.3) is 0 Å². The zero-order chi connectivity index (χ0) is 14.4. The van der Waals surface area contributed by atoms with Gasteiger partial charge in [0.05, 0.1) is 18.8 Å². The molecule has 0 aliphatic carbocycles. The summed E-state index contributed by atoms with van der Waals surface area (Å²) in [5.74, 6) is 0.887. The first-order valence-electron chi connectivity index (χ1n) is 6.54. The monoisotopic (exact) mass is 272 g/mol. The molecule has 1 aromatic heterocycles. The van der Waals surface area contributed by atoms with Crippen LogP contribution in [0.5, 0.6) is 5.75 Å².